The van der Waals surface area contributed by atoms with E-state index in [1.165, 1.54) is 24.7 Å². The molecular weight excluding hydrogens is 235 g/mol. The van der Waals surface area contributed by atoms with Gasteiger partial charge in [0, 0.05) is 12.4 Å². The van der Waals surface area contributed by atoms with Gasteiger partial charge in [-0.05, 0) is 30.7 Å². The van der Waals surface area contributed by atoms with E-state index in [0.717, 1.165) is 6.07 Å². The van der Waals surface area contributed by atoms with Crippen molar-refractivity contribution in [1.29, 1.82) is 0 Å². The first-order chi connectivity index (χ1) is 8.65. The molecule has 0 saturated carbocycles. The number of aryl methyl sites for hydroxylation is 1. The van der Waals surface area contributed by atoms with Gasteiger partial charge in [-0.15, -0.1) is 0 Å². The Morgan fingerprint density at radius 3 is 2.83 bits per heavy atom. The van der Waals surface area contributed by atoms with E-state index in [0.29, 0.717) is 11.3 Å². The van der Waals surface area contributed by atoms with Crippen LogP contribution in [0.15, 0.2) is 36.8 Å². The molecule has 0 bridgehead atoms. The van der Waals surface area contributed by atoms with Crippen LogP contribution in [0, 0.1) is 12.7 Å². The first-order valence-electron chi connectivity index (χ1n) is 5.34. The number of aromatic nitrogens is 2. The lowest BCUT2D eigenvalue weighted by atomic mass is 10.1. The van der Waals surface area contributed by atoms with Crippen molar-refractivity contribution in [2.75, 3.05) is 0 Å². The molecule has 0 saturated heterocycles. The number of esters is 1. The molecule has 0 aliphatic heterocycles. The van der Waals surface area contributed by atoms with Gasteiger partial charge in [-0.2, -0.15) is 0 Å². The van der Waals surface area contributed by atoms with E-state index >= 15 is 0 Å². The minimum atomic E-state index is -0.580. The number of benzene rings is 1. The Balaban J connectivity index is 2.04. The fraction of sp³-hybridized carbons (Fsp3) is 0.154. The maximum atomic E-state index is 13.1. The summed E-state index contributed by atoms with van der Waals surface area (Å²) >= 11 is 0. The van der Waals surface area contributed by atoms with Crippen LogP contribution in [0.1, 0.15) is 21.6 Å². The van der Waals surface area contributed by atoms with Crippen LogP contribution in [0.5, 0.6) is 0 Å². The number of rotatable bonds is 3. The molecule has 0 spiro atoms. The zero-order valence-electron chi connectivity index (χ0n) is 9.76. The lowest BCUT2D eigenvalue weighted by Gasteiger charge is -2.05. The Hall–Kier alpha value is -2.30. The Morgan fingerprint density at radius 1 is 1.33 bits per heavy atom. The fourth-order valence-corrected chi connectivity index (χ4v) is 1.48. The molecule has 4 nitrogen and oxygen atoms in total. The second kappa shape index (κ2) is 5.35. The zero-order chi connectivity index (χ0) is 13.0. The number of hydrogen-bond acceptors (Lipinski definition) is 4. The Kier molecular flexibility index (Phi) is 3.62. The molecule has 5 heteroatoms. The van der Waals surface area contributed by atoms with Gasteiger partial charge in [0.2, 0.25) is 0 Å². The van der Waals surface area contributed by atoms with E-state index < -0.39 is 11.8 Å². The summed E-state index contributed by atoms with van der Waals surface area (Å²) in [4.78, 5) is 19.5. The van der Waals surface area contributed by atoms with Gasteiger partial charge in [-0.1, -0.05) is 0 Å². The molecule has 0 atom stereocenters. The van der Waals surface area contributed by atoms with Gasteiger partial charge in [0.1, 0.15) is 12.4 Å². The molecule has 0 N–H and O–H groups in total. The molecule has 0 radical (unpaired) electrons. The molecule has 2 rings (SSSR count). The second-order valence-corrected chi connectivity index (χ2v) is 3.79. The summed E-state index contributed by atoms with van der Waals surface area (Å²) in [5, 5.41) is 0. The van der Waals surface area contributed by atoms with Gasteiger partial charge < -0.3 is 4.74 Å². The predicted octanol–water partition coefficient (Wildman–Crippen LogP) is 2.28. The van der Waals surface area contributed by atoms with E-state index in [4.69, 9.17) is 4.74 Å². The van der Waals surface area contributed by atoms with E-state index in [-0.39, 0.29) is 12.2 Å². The molecule has 92 valence electrons. The topological polar surface area (TPSA) is 52.1 Å². The lowest BCUT2D eigenvalue weighted by Crippen LogP contribution is -2.07. The first kappa shape index (κ1) is 12.2. The fourth-order valence-electron chi connectivity index (χ4n) is 1.48. The maximum Gasteiger partial charge on any atom is 0.338 e. The normalized spacial score (nSPS) is 10.1. The molecule has 0 fully saturated rings. The van der Waals surface area contributed by atoms with Crippen molar-refractivity contribution in [1.82, 2.24) is 9.97 Å². The summed E-state index contributed by atoms with van der Waals surface area (Å²) in [6.45, 7) is 1.73. The average Bonchev–Trinajstić information content (AvgIpc) is 2.36. The molecule has 0 aliphatic rings. The molecule has 0 unspecified atom stereocenters. The molecule has 18 heavy (non-hydrogen) atoms. The second-order valence-electron chi connectivity index (χ2n) is 3.79. The highest BCUT2D eigenvalue weighted by molar-refractivity contribution is 5.89. The summed E-state index contributed by atoms with van der Waals surface area (Å²) in [5.74, 6) is -1.04. The largest absolute Gasteiger partial charge is 0.456 e. The van der Waals surface area contributed by atoms with Crippen molar-refractivity contribution in [3.63, 3.8) is 0 Å². The molecule has 1 aromatic carbocycles. The highest BCUT2D eigenvalue weighted by atomic mass is 19.1. The van der Waals surface area contributed by atoms with Gasteiger partial charge in [0.15, 0.2) is 0 Å². The molecular formula is C13H11FN2O2. The van der Waals surface area contributed by atoms with Crippen molar-refractivity contribution >= 4 is 5.97 Å². The molecule has 1 aromatic heterocycles. The molecule has 0 amide bonds. The van der Waals surface area contributed by atoms with Crippen molar-refractivity contribution in [2.45, 2.75) is 13.5 Å². The highest BCUT2D eigenvalue weighted by Crippen LogP contribution is 2.10. The number of carbonyl (C=O) groups excluding carboxylic acids is 1. The number of hydrogen-bond donors (Lipinski definition) is 0. The summed E-state index contributed by atoms with van der Waals surface area (Å²) in [6, 6.07) is 4.06. The maximum absolute atomic E-state index is 13.1. The minimum absolute atomic E-state index is 0.0161. The first-order valence-corrected chi connectivity index (χ1v) is 5.34. The molecule has 1 heterocycles. The van der Waals surface area contributed by atoms with Gasteiger partial charge in [-0.25, -0.2) is 9.18 Å². The third kappa shape index (κ3) is 3.10. The van der Waals surface area contributed by atoms with E-state index in [2.05, 4.69) is 9.97 Å². The van der Waals surface area contributed by atoms with Crippen molar-refractivity contribution < 1.29 is 13.9 Å². The standard InChI is InChI=1S/C13H11FN2O2/c1-9-4-10(6-11(14)5-9)13(17)18-8-12-7-15-2-3-16-12/h2-7H,8H2,1H3. The van der Waals surface area contributed by atoms with Crippen molar-refractivity contribution in [2.24, 2.45) is 0 Å². The van der Waals surface area contributed by atoms with E-state index in [1.807, 2.05) is 0 Å². The van der Waals surface area contributed by atoms with Crippen molar-refractivity contribution in [3.8, 4) is 0 Å². The smallest absolute Gasteiger partial charge is 0.338 e. The Labute approximate surface area is 103 Å². The summed E-state index contributed by atoms with van der Waals surface area (Å²) in [7, 11) is 0. The van der Waals surface area contributed by atoms with E-state index in [1.54, 1.807) is 13.0 Å². The SMILES string of the molecule is Cc1cc(F)cc(C(=O)OCc2cnccn2)c1. The van der Waals surface area contributed by atoms with Crippen LogP contribution < -0.4 is 0 Å². The quantitative estimate of drug-likeness (QED) is 0.779. The summed E-state index contributed by atoms with van der Waals surface area (Å²) in [6.07, 6.45) is 4.54. The lowest BCUT2D eigenvalue weighted by molar-refractivity contribution is 0.0466. The van der Waals surface area contributed by atoms with Crippen LogP contribution in [0.4, 0.5) is 4.39 Å². The van der Waals surface area contributed by atoms with Crippen LogP contribution in [-0.2, 0) is 11.3 Å². The van der Waals surface area contributed by atoms with Gasteiger partial charge >= 0.3 is 5.97 Å². The number of ether oxygens (including phenoxy) is 1. The summed E-state index contributed by atoms with van der Waals surface area (Å²) in [5.41, 5.74) is 1.40. The van der Waals surface area contributed by atoms with Crippen LogP contribution >= 0.6 is 0 Å². The predicted molar refractivity (Wildman–Crippen MR) is 62.3 cm³/mol. The number of nitrogens with zero attached hydrogens (tertiary/aromatic N) is 2. The minimum Gasteiger partial charge on any atom is -0.456 e. The number of halogens is 1. The molecule has 0 aliphatic carbocycles. The van der Waals surface area contributed by atoms with Crippen molar-refractivity contribution in [3.05, 3.63) is 59.4 Å². The van der Waals surface area contributed by atoms with Crippen LogP contribution in [0.2, 0.25) is 0 Å². The third-order valence-electron chi connectivity index (χ3n) is 2.25. The van der Waals surface area contributed by atoms with Gasteiger partial charge in [-0.3, -0.25) is 9.97 Å². The van der Waals surface area contributed by atoms with Gasteiger partial charge in [0.25, 0.3) is 0 Å². The van der Waals surface area contributed by atoms with E-state index in [9.17, 15) is 9.18 Å². The highest BCUT2D eigenvalue weighted by Gasteiger charge is 2.09. The average molecular weight is 246 g/mol. The van der Waals surface area contributed by atoms with Crippen LogP contribution in [-0.4, -0.2) is 15.9 Å². The van der Waals surface area contributed by atoms with Crippen LogP contribution in [0.3, 0.4) is 0 Å². The summed E-state index contributed by atoms with van der Waals surface area (Å²) < 4.78 is 18.1. The van der Waals surface area contributed by atoms with Crippen LogP contribution in [0.25, 0.3) is 0 Å². The molecule has 2 aromatic rings. The Bertz CT molecular complexity index is 538. The zero-order valence-corrected chi connectivity index (χ0v) is 9.76. The van der Waals surface area contributed by atoms with Gasteiger partial charge in [0.05, 0.1) is 17.5 Å². The number of carbonyl (C=O) groups is 1. The third-order valence-corrected chi connectivity index (χ3v) is 2.25. The Morgan fingerprint density at radius 2 is 2.17 bits per heavy atom. The monoisotopic (exact) mass is 246 g/mol.